The molecule has 0 spiro atoms. The minimum atomic E-state index is -2.95. The maximum absolute atomic E-state index is 11.2. The lowest BCUT2D eigenvalue weighted by Gasteiger charge is -2.11. The maximum atomic E-state index is 11.2. The summed E-state index contributed by atoms with van der Waals surface area (Å²) in [5.41, 5.74) is 2.69. The van der Waals surface area contributed by atoms with Gasteiger partial charge in [-0.15, -0.1) is 0 Å². The fourth-order valence-corrected chi connectivity index (χ4v) is 2.71. The van der Waals surface area contributed by atoms with Crippen molar-refractivity contribution in [1.29, 1.82) is 0 Å². The van der Waals surface area contributed by atoms with Crippen molar-refractivity contribution in [2.24, 2.45) is 4.99 Å². The molecule has 2 N–H and O–H groups in total. The molecule has 0 unspecified atom stereocenters. The molecule has 0 radical (unpaired) electrons. The maximum Gasteiger partial charge on any atom is 0.191 e. The normalized spacial score (nSPS) is 12.5. The van der Waals surface area contributed by atoms with E-state index in [2.05, 4.69) is 53.7 Å². The predicted octanol–water partition coefficient (Wildman–Crippen LogP) is 2.34. The van der Waals surface area contributed by atoms with Crippen LogP contribution in [0.5, 0.6) is 0 Å². The molecule has 0 aliphatic carbocycles. The standard InChI is InChI=1S/C18H31N3O2S/c1-5-19-18(21-13-14-24(4,22)23)20-12-6-7-16-8-10-17(11-9-16)15(2)3/h8-11,15H,5-7,12-14H2,1-4H3,(H2,19,20,21). The first-order valence-electron chi connectivity index (χ1n) is 8.60. The third kappa shape index (κ3) is 8.91. The van der Waals surface area contributed by atoms with Crippen LogP contribution >= 0.6 is 0 Å². The first-order valence-corrected chi connectivity index (χ1v) is 10.7. The quantitative estimate of drug-likeness (QED) is 0.406. The Bertz CT molecular complexity index is 608. The summed E-state index contributed by atoms with van der Waals surface area (Å²) < 4.78 is 22.3. The Labute approximate surface area is 146 Å². The summed E-state index contributed by atoms with van der Waals surface area (Å²) >= 11 is 0. The fraction of sp³-hybridized carbons (Fsp3) is 0.611. The van der Waals surface area contributed by atoms with Gasteiger partial charge in [0.25, 0.3) is 0 Å². The van der Waals surface area contributed by atoms with Crippen LogP contribution in [-0.4, -0.2) is 46.0 Å². The average Bonchev–Trinajstić information content (AvgIpc) is 2.50. The van der Waals surface area contributed by atoms with Crippen molar-refractivity contribution in [2.75, 3.05) is 31.6 Å². The van der Waals surface area contributed by atoms with Crippen LogP contribution in [0.25, 0.3) is 0 Å². The van der Waals surface area contributed by atoms with E-state index >= 15 is 0 Å². The SMILES string of the molecule is CCNC(=NCCCc1ccc(C(C)C)cc1)NCCS(C)(=O)=O. The van der Waals surface area contributed by atoms with Crippen LogP contribution < -0.4 is 10.6 Å². The van der Waals surface area contributed by atoms with Gasteiger partial charge in [0.2, 0.25) is 0 Å². The smallest absolute Gasteiger partial charge is 0.191 e. The van der Waals surface area contributed by atoms with Gasteiger partial charge in [0, 0.05) is 25.9 Å². The Hall–Kier alpha value is -1.56. The Morgan fingerprint density at radius 3 is 2.38 bits per heavy atom. The molecule has 0 saturated carbocycles. The highest BCUT2D eigenvalue weighted by Crippen LogP contribution is 2.15. The molecule has 0 atom stereocenters. The molecule has 24 heavy (non-hydrogen) atoms. The van der Waals surface area contributed by atoms with E-state index in [-0.39, 0.29) is 5.75 Å². The molecule has 1 rings (SSSR count). The number of hydrogen-bond donors (Lipinski definition) is 2. The van der Waals surface area contributed by atoms with E-state index in [0.717, 1.165) is 19.4 Å². The third-order valence-electron chi connectivity index (χ3n) is 3.65. The zero-order valence-corrected chi connectivity index (χ0v) is 16.1. The molecule has 5 nitrogen and oxygen atoms in total. The predicted molar refractivity (Wildman–Crippen MR) is 103 cm³/mol. The first-order chi connectivity index (χ1) is 11.3. The van der Waals surface area contributed by atoms with Crippen molar-refractivity contribution in [3.8, 4) is 0 Å². The van der Waals surface area contributed by atoms with Crippen molar-refractivity contribution >= 4 is 15.8 Å². The first kappa shape index (κ1) is 20.5. The minimum absolute atomic E-state index is 0.111. The fourth-order valence-electron chi connectivity index (χ4n) is 2.24. The molecule has 0 aromatic heterocycles. The van der Waals surface area contributed by atoms with Gasteiger partial charge >= 0.3 is 0 Å². The zero-order valence-electron chi connectivity index (χ0n) is 15.3. The number of rotatable bonds is 9. The van der Waals surface area contributed by atoms with Gasteiger partial charge in [-0.1, -0.05) is 38.1 Å². The second-order valence-electron chi connectivity index (χ2n) is 6.32. The van der Waals surface area contributed by atoms with Crippen molar-refractivity contribution in [3.05, 3.63) is 35.4 Å². The molecule has 1 aromatic rings. The molecule has 6 heteroatoms. The number of nitrogens with one attached hydrogen (secondary N) is 2. The number of guanidine groups is 1. The summed E-state index contributed by atoms with van der Waals surface area (Å²) in [6.07, 6.45) is 3.19. The molecule has 0 aliphatic heterocycles. The summed E-state index contributed by atoms with van der Waals surface area (Å²) in [6.45, 7) is 8.22. The minimum Gasteiger partial charge on any atom is -0.357 e. The Kier molecular flexibility index (Phi) is 8.82. The largest absolute Gasteiger partial charge is 0.357 e. The van der Waals surface area contributed by atoms with E-state index in [9.17, 15) is 8.42 Å². The molecular formula is C18H31N3O2S. The average molecular weight is 354 g/mol. The van der Waals surface area contributed by atoms with E-state index in [1.165, 1.54) is 17.4 Å². The summed E-state index contributed by atoms with van der Waals surface area (Å²) in [5, 5.41) is 6.19. The van der Waals surface area contributed by atoms with Crippen LogP contribution in [0.1, 0.15) is 44.2 Å². The highest BCUT2D eigenvalue weighted by Gasteiger charge is 2.03. The highest BCUT2D eigenvalue weighted by molar-refractivity contribution is 7.90. The monoisotopic (exact) mass is 353 g/mol. The molecule has 0 aliphatic rings. The molecule has 0 fully saturated rings. The van der Waals surface area contributed by atoms with Gasteiger partial charge in [0.05, 0.1) is 5.75 Å². The van der Waals surface area contributed by atoms with Crippen molar-refractivity contribution < 1.29 is 8.42 Å². The van der Waals surface area contributed by atoms with Gasteiger partial charge in [0.1, 0.15) is 9.84 Å². The number of aliphatic imine (C=N–C) groups is 1. The van der Waals surface area contributed by atoms with Gasteiger partial charge in [-0.3, -0.25) is 4.99 Å². The lowest BCUT2D eigenvalue weighted by molar-refractivity contribution is 0.600. The molecule has 0 heterocycles. The number of hydrogen-bond acceptors (Lipinski definition) is 3. The van der Waals surface area contributed by atoms with Gasteiger partial charge in [-0.2, -0.15) is 0 Å². The lowest BCUT2D eigenvalue weighted by Crippen LogP contribution is -2.39. The van der Waals surface area contributed by atoms with Gasteiger partial charge in [0.15, 0.2) is 5.96 Å². The van der Waals surface area contributed by atoms with E-state index in [4.69, 9.17) is 0 Å². The molecule has 0 saturated heterocycles. The Balaban J connectivity index is 2.40. The number of benzene rings is 1. The van der Waals surface area contributed by atoms with Crippen molar-refractivity contribution in [1.82, 2.24) is 10.6 Å². The topological polar surface area (TPSA) is 70.6 Å². The van der Waals surface area contributed by atoms with Gasteiger partial charge in [-0.25, -0.2) is 8.42 Å². The molecule has 136 valence electrons. The highest BCUT2D eigenvalue weighted by atomic mass is 32.2. The second kappa shape index (κ2) is 10.3. The van der Waals surface area contributed by atoms with Crippen LogP contribution in [0.2, 0.25) is 0 Å². The summed E-state index contributed by atoms with van der Waals surface area (Å²) in [7, 11) is -2.95. The summed E-state index contributed by atoms with van der Waals surface area (Å²) in [6, 6.07) is 8.77. The number of aryl methyl sites for hydroxylation is 1. The Morgan fingerprint density at radius 2 is 1.83 bits per heavy atom. The van der Waals surface area contributed by atoms with Crippen LogP contribution in [0.3, 0.4) is 0 Å². The van der Waals surface area contributed by atoms with Crippen LogP contribution in [0.4, 0.5) is 0 Å². The molecule has 0 bridgehead atoms. The Morgan fingerprint density at radius 1 is 1.17 bits per heavy atom. The van der Waals surface area contributed by atoms with Crippen LogP contribution in [0.15, 0.2) is 29.3 Å². The summed E-state index contributed by atoms with van der Waals surface area (Å²) in [4.78, 5) is 4.49. The van der Waals surface area contributed by atoms with E-state index in [1.54, 1.807) is 0 Å². The molecule has 0 amide bonds. The molecule has 1 aromatic carbocycles. The second-order valence-corrected chi connectivity index (χ2v) is 8.58. The van der Waals surface area contributed by atoms with Crippen LogP contribution in [0, 0.1) is 0 Å². The van der Waals surface area contributed by atoms with E-state index in [0.29, 0.717) is 25.0 Å². The number of nitrogens with zero attached hydrogens (tertiary/aromatic N) is 1. The zero-order chi connectivity index (χ0) is 18.0. The van der Waals surface area contributed by atoms with E-state index < -0.39 is 9.84 Å². The van der Waals surface area contributed by atoms with Crippen LogP contribution in [-0.2, 0) is 16.3 Å². The molecular weight excluding hydrogens is 322 g/mol. The van der Waals surface area contributed by atoms with Crippen molar-refractivity contribution in [2.45, 2.75) is 39.5 Å². The van der Waals surface area contributed by atoms with Gasteiger partial charge < -0.3 is 10.6 Å². The van der Waals surface area contributed by atoms with E-state index in [1.807, 2.05) is 6.92 Å². The lowest BCUT2D eigenvalue weighted by atomic mass is 10.0. The summed E-state index contributed by atoms with van der Waals surface area (Å²) in [5.74, 6) is 1.35. The third-order valence-corrected chi connectivity index (χ3v) is 4.60. The number of sulfone groups is 1. The van der Waals surface area contributed by atoms with Gasteiger partial charge in [-0.05, 0) is 36.8 Å². The van der Waals surface area contributed by atoms with Crippen molar-refractivity contribution in [3.63, 3.8) is 0 Å².